The maximum absolute atomic E-state index is 13.0. The number of nitrogens with zero attached hydrogens (tertiary/aromatic N) is 4. The number of likely N-dealkylation sites (N-methyl/N-ethyl adjacent to an activating group) is 1. The van der Waals surface area contributed by atoms with Crippen molar-refractivity contribution in [3.05, 3.63) is 54.5 Å². The molecule has 1 aliphatic rings. The van der Waals surface area contributed by atoms with E-state index in [1.165, 1.54) is 0 Å². The lowest BCUT2D eigenvalue weighted by atomic mass is 10.1. The van der Waals surface area contributed by atoms with Gasteiger partial charge >= 0.3 is 0 Å². The molecule has 146 valence electrons. The van der Waals surface area contributed by atoms with Crippen molar-refractivity contribution >= 4 is 39.2 Å². The van der Waals surface area contributed by atoms with Crippen molar-refractivity contribution in [3.8, 4) is 0 Å². The highest BCUT2D eigenvalue weighted by atomic mass is 16.5. The van der Waals surface area contributed by atoms with Crippen molar-refractivity contribution in [2.24, 2.45) is 0 Å². The first-order chi connectivity index (χ1) is 14.2. The second-order valence-electron chi connectivity index (χ2n) is 7.13. The summed E-state index contributed by atoms with van der Waals surface area (Å²) in [5.41, 5.74) is 2.96. The van der Waals surface area contributed by atoms with Gasteiger partial charge in [-0.2, -0.15) is 5.10 Å². The molecule has 0 spiro atoms. The number of ether oxygens (including phenoxy) is 1. The number of hydrogen-bond donors (Lipinski definition) is 2. The Kier molecular flexibility index (Phi) is 4.33. The number of pyridine rings is 2. The number of nitrogens with one attached hydrogen (secondary N) is 2. The highest BCUT2D eigenvalue weighted by molar-refractivity contribution is 6.06. The second-order valence-corrected chi connectivity index (χ2v) is 7.13. The summed E-state index contributed by atoms with van der Waals surface area (Å²) in [7, 11) is 1.81. The number of rotatable bonds is 4. The lowest BCUT2D eigenvalue weighted by Crippen LogP contribution is -2.37. The largest absolute Gasteiger partial charge is 0.379 e. The van der Waals surface area contributed by atoms with Crippen LogP contribution in [-0.2, 0) is 4.74 Å². The molecule has 5 rings (SSSR count). The average Bonchev–Trinajstić information content (AvgIpc) is 3.43. The van der Waals surface area contributed by atoms with E-state index in [0.717, 1.165) is 33.9 Å². The van der Waals surface area contributed by atoms with Crippen molar-refractivity contribution in [3.63, 3.8) is 0 Å². The van der Waals surface area contributed by atoms with Crippen molar-refractivity contribution < 1.29 is 9.53 Å². The van der Waals surface area contributed by atoms with Gasteiger partial charge in [-0.05, 0) is 48.2 Å². The molecule has 0 radical (unpaired) electrons. The molecular formula is C21H20N6O2. The van der Waals surface area contributed by atoms with Gasteiger partial charge in [-0.1, -0.05) is 0 Å². The van der Waals surface area contributed by atoms with Gasteiger partial charge in [0, 0.05) is 37.1 Å². The number of fused-ring (bicyclic) bond motifs is 2. The van der Waals surface area contributed by atoms with Crippen LogP contribution in [0.2, 0.25) is 0 Å². The van der Waals surface area contributed by atoms with E-state index in [9.17, 15) is 4.79 Å². The average molecular weight is 388 g/mol. The van der Waals surface area contributed by atoms with Crippen molar-refractivity contribution in [1.29, 1.82) is 0 Å². The summed E-state index contributed by atoms with van der Waals surface area (Å²) in [6, 6.07) is 11.6. The third-order valence-electron chi connectivity index (χ3n) is 5.32. The van der Waals surface area contributed by atoms with E-state index in [1.54, 1.807) is 17.3 Å². The first-order valence-electron chi connectivity index (χ1n) is 9.50. The number of aromatic amines is 1. The second kappa shape index (κ2) is 7.14. The summed E-state index contributed by atoms with van der Waals surface area (Å²) >= 11 is 0. The van der Waals surface area contributed by atoms with Crippen molar-refractivity contribution in [2.75, 3.05) is 25.6 Å². The zero-order valence-corrected chi connectivity index (χ0v) is 15.9. The zero-order valence-electron chi connectivity index (χ0n) is 15.9. The number of hydrogen-bond acceptors (Lipinski definition) is 6. The molecule has 1 aliphatic heterocycles. The van der Waals surface area contributed by atoms with Crippen LogP contribution in [0.5, 0.6) is 0 Å². The Bertz CT molecular complexity index is 1200. The van der Waals surface area contributed by atoms with E-state index in [4.69, 9.17) is 4.74 Å². The lowest BCUT2D eigenvalue weighted by Gasteiger charge is -2.23. The van der Waals surface area contributed by atoms with Gasteiger partial charge < -0.3 is 15.0 Å². The summed E-state index contributed by atoms with van der Waals surface area (Å²) in [5, 5.41) is 12.3. The van der Waals surface area contributed by atoms with Crippen LogP contribution in [0.3, 0.4) is 0 Å². The molecule has 8 nitrogen and oxygen atoms in total. The molecule has 4 aromatic rings. The van der Waals surface area contributed by atoms with E-state index in [-0.39, 0.29) is 11.9 Å². The Morgan fingerprint density at radius 2 is 2.17 bits per heavy atom. The normalized spacial score (nSPS) is 16.4. The number of anilines is 2. The SMILES string of the molecule is CN(C(=O)c1nccc2cc(Nc3n[nH]c4cccnc34)ccc12)C1CCOC1. The molecule has 0 aliphatic carbocycles. The Balaban J connectivity index is 1.46. The molecule has 1 atom stereocenters. The van der Waals surface area contributed by atoms with Gasteiger partial charge in [-0.25, -0.2) is 0 Å². The van der Waals surface area contributed by atoms with Gasteiger partial charge in [-0.15, -0.1) is 0 Å². The van der Waals surface area contributed by atoms with Crippen LogP contribution in [0, 0.1) is 0 Å². The van der Waals surface area contributed by atoms with Crippen LogP contribution >= 0.6 is 0 Å². The van der Waals surface area contributed by atoms with E-state index in [2.05, 4.69) is 25.5 Å². The Morgan fingerprint density at radius 1 is 1.24 bits per heavy atom. The molecule has 1 saturated heterocycles. The highest BCUT2D eigenvalue weighted by Crippen LogP contribution is 2.27. The maximum Gasteiger partial charge on any atom is 0.273 e. The maximum atomic E-state index is 13.0. The fourth-order valence-corrected chi connectivity index (χ4v) is 3.66. The molecule has 2 N–H and O–H groups in total. The Hall–Kier alpha value is -3.52. The van der Waals surface area contributed by atoms with Crippen LogP contribution < -0.4 is 5.32 Å². The van der Waals surface area contributed by atoms with E-state index >= 15 is 0 Å². The summed E-state index contributed by atoms with van der Waals surface area (Å²) in [5.74, 6) is 0.570. The van der Waals surface area contributed by atoms with Crippen molar-refractivity contribution in [1.82, 2.24) is 25.1 Å². The van der Waals surface area contributed by atoms with Crippen LogP contribution in [0.4, 0.5) is 11.5 Å². The van der Waals surface area contributed by atoms with Crippen LogP contribution in [0.15, 0.2) is 48.8 Å². The van der Waals surface area contributed by atoms with Crippen LogP contribution in [-0.4, -0.2) is 57.3 Å². The third-order valence-corrected chi connectivity index (χ3v) is 5.32. The third kappa shape index (κ3) is 3.17. The number of carbonyl (C=O) groups excluding carboxylic acids is 1. The molecule has 8 heteroatoms. The number of aromatic nitrogens is 4. The number of amides is 1. The van der Waals surface area contributed by atoms with Crippen LogP contribution in [0.1, 0.15) is 16.9 Å². The van der Waals surface area contributed by atoms with Gasteiger partial charge in [0.15, 0.2) is 5.82 Å². The quantitative estimate of drug-likeness (QED) is 0.558. The molecule has 3 aromatic heterocycles. The molecule has 1 amide bonds. The molecule has 0 saturated carbocycles. The highest BCUT2D eigenvalue weighted by Gasteiger charge is 2.26. The smallest absolute Gasteiger partial charge is 0.273 e. The molecule has 1 fully saturated rings. The van der Waals surface area contributed by atoms with Gasteiger partial charge in [-0.3, -0.25) is 19.9 Å². The van der Waals surface area contributed by atoms with Crippen LogP contribution in [0.25, 0.3) is 21.8 Å². The minimum Gasteiger partial charge on any atom is -0.379 e. The van der Waals surface area contributed by atoms with E-state index in [0.29, 0.717) is 24.7 Å². The van der Waals surface area contributed by atoms with Gasteiger partial charge in [0.2, 0.25) is 0 Å². The van der Waals surface area contributed by atoms with Gasteiger partial charge in [0.05, 0.1) is 18.2 Å². The number of H-pyrrole nitrogens is 1. The van der Waals surface area contributed by atoms with E-state index in [1.807, 2.05) is 43.4 Å². The van der Waals surface area contributed by atoms with Gasteiger partial charge in [0.1, 0.15) is 11.2 Å². The molecule has 4 heterocycles. The Labute approximate surface area is 166 Å². The summed E-state index contributed by atoms with van der Waals surface area (Å²) < 4.78 is 5.41. The standard InChI is InChI=1S/C21H20N6O2/c1-27(15-7-10-29-12-15)21(28)18-16-5-4-14(11-13(16)6-9-23-18)24-20-19-17(25-26-20)3-2-8-22-19/h2-6,8-9,11,15H,7,10,12H2,1H3,(H2,24,25,26). The predicted molar refractivity (Wildman–Crippen MR) is 110 cm³/mol. The first kappa shape index (κ1) is 17.6. The molecule has 1 aromatic carbocycles. The fourth-order valence-electron chi connectivity index (χ4n) is 3.66. The van der Waals surface area contributed by atoms with E-state index < -0.39 is 0 Å². The topological polar surface area (TPSA) is 96.0 Å². The molecule has 1 unspecified atom stereocenters. The zero-order chi connectivity index (χ0) is 19.8. The summed E-state index contributed by atoms with van der Waals surface area (Å²) in [6.45, 7) is 1.27. The first-order valence-corrected chi connectivity index (χ1v) is 9.50. The monoisotopic (exact) mass is 388 g/mol. The number of benzene rings is 1. The summed E-state index contributed by atoms with van der Waals surface area (Å²) in [6.07, 6.45) is 4.26. The minimum atomic E-state index is -0.0886. The molecule has 0 bridgehead atoms. The number of carbonyl (C=O) groups is 1. The predicted octanol–water partition coefficient (Wildman–Crippen LogP) is 3.11. The van der Waals surface area contributed by atoms with Gasteiger partial charge in [0.25, 0.3) is 5.91 Å². The molecule has 29 heavy (non-hydrogen) atoms. The Morgan fingerprint density at radius 3 is 3.03 bits per heavy atom. The fraction of sp³-hybridized carbons (Fsp3) is 0.238. The minimum absolute atomic E-state index is 0.0886. The van der Waals surface area contributed by atoms with Crippen molar-refractivity contribution in [2.45, 2.75) is 12.5 Å². The molecular weight excluding hydrogens is 368 g/mol. The summed E-state index contributed by atoms with van der Waals surface area (Å²) in [4.78, 5) is 23.5. The lowest BCUT2D eigenvalue weighted by molar-refractivity contribution is 0.0707.